The van der Waals surface area contributed by atoms with Crippen LogP contribution in [-0.2, 0) is 6.54 Å². The van der Waals surface area contributed by atoms with E-state index >= 15 is 0 Å². The first kappa shape index (κ1) is 13.2. The van der Waals surface area contributed by atoms with Crippen LogP contribution in [0, 0.1) is 0 Å². The molecule has 1 aromatic rings. The molecule has 0 radical (unpaired) electrons. The molecule has 0 aromatic carbocycles. The van der Waals surface area contributed by atoms with Gasteiger partial charge in [-0.3, -0.25) is 4.98 Å². The van der Waals surface area contributed by atoms with Crippen molar-refractivity contribution < 1.29 is 0 Å². The molecule has 0 fully saturated rings. The Kier molecular flexibility index (Phi) is 7.70. The van der Waals surface area contributed by atoms with Crippen LogP contribution in [-0.4, -0.2) is 11.5 Å². The van der Waals surface area contributed by atoms with E-state index in [1.54, 1.807) is 0 Å². The van der Waals surface area contributed by atoms with Crippen molar-refractivity contribution in [1.29, 1.82) is 0 Å². The molecule has 2 heteroatoms. The van der Waals surface area contributed by atoms with Crippen LogP contribution in [0.15, 0.2) is 24.5 Å². The summed E-state index contributed by atoms with van der Waals surface area (Å²) in [5.41, 5.74) is 1.32. The normalized spacial score (nSPS) is 10.6. The Morgan fingerprint density at radius 3 is 2.44 bits per heavy atom. The summed E-state index contributed by atoms with van der Waals surface area (Å²) in [6.07, 6.45) is 11.9. The summed E-state index contributed by atoms with van der Waals surface area (Å²) in [4.78, 5) is 4.00. The third kappa shape index (κ3) is 6.57. The highest BCUT2D eigenvalue weighted by molar-refractivity contribution is 5.08. The van der Waals surface area contributed by atoms with E-state index in [-0.39, 0.29) is 0 Å². The maximum Gasteiger partial charge on any atom is 0.0271 e. The van der Waals surface area contributed by atoms with Gasteiger partial charge < -0.3 is 5.32 Å². The minimum absolute atomic E-state index is 0.970. The molecule has 0 spiro atoms. The molecule has 0 aliphatic rings. The molecule has 0 saturated carbocycles. The molecule has 1 heterocycles. The van der Waals surface area contributed by atoms with E-state index in [4.69, 9.17) is 0 Å². The van der Waals surface area contributed by atoms with Crippen LogP contribution in [0.25, 0.3) is 0 Å². The lowest BCUT2D eigenvalue weighted by Crippen LogP contribution is -2.14. The summed E-state index contributed by atoms with van der Waals surface area (Å²) in [7, 11) is 0. The summed E-state index contributed by atoms with van der Waals surface area (Å²) < 4.78 is 0. The van der Waals surface area contributed by atoms with E-state index in [0.717, 1.165) is 13.1 Å². The topological polar surface area (TPSA) is 24.9 Å². The molecule has 0 saturated heterocycles. The summed E-state index contributed by atoms with van der Waals surface area (Å²) in [5, 5.41) is 3.46. The third-order valence-electron chi connectivity index (χ3n) is 2.79. The molecule has 1 aromatic heterocycles. The molecule has 0 unspecified atom stereocenters. The van der Waals surface area contributed by atoms with Crippen molar-refractivity contribution in [1.82, 2.24) is 10.3 Å². The second-order valence-electron chi connectivity index (χ2n) is 4.30. The molecule has 90 valence electrons. The number of aromatic nitrogens is 1. The standard InChI is InChI=1S/C14H24N2/c1-2-3-4-5-6-7-10-16-13-14-8-11-15-12-9-14/h8-9,11-12,16H,2-7,10,13H2,1H3. The lowest BCUT2D eigenvalue weighted by molar-refractivity contribution is 0.572. The lowest BCUT2D eigenvalue weighted by Gasteiger charge is -2.04. The van der Waals surface area contributed by atoms with Gasteiger partial charge in [-0.15, -0.1) is 0 Å². The quantitative estimate of drug-likeness (QED) is 0.644. The van der Waals surface area contributed by atoms with Crippen molar-refractivity contribution in [3.05, 3.63) is 30.1 Å². The van der Waals surface area contributed by atoms with Gasteiger partial charge in [0.2, 0.25) is 0 Å². The van der Waals surface area contributed by atoms with E-state index in [0.29, 0.717) is 0 Å². The lowest BCUT2D eigenvalue weighted by atomic mass is 10.1. The summed E-state index contributed by atoms with van der Waals surface area (Å²) >= 11 is 0. The van der Waals surface area contributed by atoms with Gasteiger partial charge in [0.15, 0.2) is 0 Å². The van der Waals surface area contributed by atoms with E-state index in [2.05, 4.69) is 29.4 Å². The largest absolute Gasteiger partial charge is 0.313 e. The molecule has 2 nitrogen and oxygen atoms in total. The molecular weight excluding hydrogens is 196 g/mol. The van der Waals surface area contributed by atoms with Crippen LogP contribution in [0.1, 0.15) is 51.0 Å². The Balaban J connectivity index is 1.89. The second kappa shape index (κ2) is 9.34. The summed E-state index contributed by atoms with van der Waals surface area (Å²) in [5.74, 6) is 0. The van der Waals surface area contributed by atoms with Gasteiger partial charge in [-0.2, -0.15) is 0 Å². The molecule has 0 aliphatic heterocycles. The smallest absolute Gasteiger partial charge is 0.0271 e. The van der Waals surface area contributed by atoms with Crippen molar-refractivity contribution in [3.63, 3.8) is 0 Å². The fourth-order valence-corrected chi connectivity index (χ4v) is 1.76. The van der Waals surface area contributed by atoms with Gasteiger partial charge in [0, 0.05) is 18.9 Å². The van der Waals surface area contributed by atoms with Crippen LogP contribution >= 0.6 is 0 Å². The van der Waals surface area contributed by atoms with Crippen molar-refractivity contribution in [2.75, 3.05) is 6.54 Å². The van der Waals surface area contributed by atoms with Crippen LogP contribution in [0.3, 0.4) is 0 Å². The van der Waals surface area contributed by atoms with Crippen LogP contribution in [0.2, 0.25) is 0 Å². The fourth-order valence-electron chi connectivity index (χ4n) is 1.76. The second-order valence-corrected chi connectivity index (χ2v) is 4.30. The van der Waals surface area contributed by atoms with Gasteiger partial charge in [-0.05, 0) is 30.7 Å². The average molecular weight is 220 g/mol. The SMILES string of the molecule is CCCCCCCCNCc1ccncc1. The van der Waals surface area contributed by atoms with Crippen molar-refractivity contribution in [2.45, 2.75) is 52.0 Å². The minimum Gasteiger partial charge on any atom is -0.313 e. The molecule has 0 bridgehead atoms. The molecule has 0 atom stereocenters. The van der Waals surface area contributed by atoms with Crippen molar-refractivity contribution in [3.8, 4) is 0 Å². The van der Waals surface area contributed by atoms with Crippen molar-refractivity contribution in [2.24, 2.45) is 0 Å². The number of hydrogen-bond donors (Lipinski definition) is 1. The van der Waals surface area contributed by atoms with Gasteiger partial charge in [-0.25, -0.2) is 0 Å². The highest BCUT2D eigenvalue weighted by Gasteiger charge is 1.92. The predicted octanol–water partition coefficient (Wildman–Crippen LogP) is 3.53. The Hall–Kier alpha value is -0.890. The third-order valence-corrected chi connectivity index (χ3v) is 2.79. The molecule has 1 rings (SSSR count). The van der Waals surface area contributed by atoms with Crippen molar-refractivity contribution >= 4 is 0 Å². The van der Waals surface area contributed by atoms with Gasteiger partial charge in [0.1, 0.15) is 0 Å². The van der Waals surface area contributed by atoms with E-state index in [1.807, 2.05) is 12.4 Å². The zero-order valence-electron chi connectivity index (χ0n) is 10.4. The maximum atomic E-state index is 4.00. The van der Waals surface area contributed by atoms with Gasteiger partial charge >= 0.3 is 0 Å². The van der Waals surface area contributed by atoms with Crippen LogP contribution < -0.4 is 5.32 Å². The van der Waals surface area contributed by atoms with E-state index in [1.165, 1.54) is 44.1 Å². The maximum absolute atomic E-state index is 4.00. The first-order valence-electron chi connectivity index (χ1n) is 6.53. The first-order valence-corrected chi connectivity index (χ1v) is 6.53. The van der Waals surface area contributed by atoms with E-state index in [9.17, 15) is 0 Å². The number of rotatable bonds is 9. The monoisotopic (exact) mass is 220 g/mol. The average Bonchev–Trinajstić information content (AvgIpc) is 2.34. The molecule has 0 aliphatic carbocycles. The number of unbranched alkanes of at least 4 members (excludes halogenated alkanes) is 5. The zero-order valence-corrected chi connectivity index (χ0v) is 10.4. The molecular formula is C14H24N2. The number of nitrogens with one attached hydrogen (secondary N) is 1. The zero-order chi connectivity index (χ0) is 11.5. The number of nitrogens with zero attached hydrogens (tertiary/aromatic N) is 1. The molecule has 16 heavy (non-hydrogen) atoms. The summed E-state index contributed by atoms with van der Waals surface area (Å²) in [6, 6.07) is 4.13. The van der Waals surface area contributed by atoms with Crippen LogP contribution in [0.4, 0.5) is 0 Å². The van der Waals surface area contributed by atoms with Gasteiger partial charge in [0.25, 0.3) is 0 Å². The highest BCUT2D eigenvalue weighted by atomic mass is 14.8. The highest BCUT2D eigenvalue weighted by Crippen LogP contribution is 2.04. The first-order chi connectivity index (χ1) is 7.93. The van der Waals surface area contributed by atoms with Crippen LogP contribution in [0.5, 0.6) is 0 Å². The van der Waals surface area contributed by atoms with Gasteiger partial charge in [0.05, 0.1) is 0 Å². The van der Waals surface area contributed by atoms with Gasteiger partial charge in [-0.1, -0.05) is 39.0 Å². The number of hydrogen-bond acceptors (Lipinski definition) is 2. The summed E-state index contributed by atoms with van der Waals surface area (Å²) in [6.45, 7) is 4.36. The molecule has 0 amide bonds. The predicted molar refractivity (Wildman–Crippen MR) is 69.3 cm³/mol. The Morgan fingerprint density at radius 1 is 1.00 bits per heavy atom. The Bertz CT molecular complexity index is 246. The number of pyridine rings is 1. The molecule has 1 N–H and O–H groups in total. The Labute approximate surface area is 99.5 Å². The van der Waals surface area contributed by atoms with E-state index < -0.39 is 0 Å². The Morgan fingerprint density at radius 2 is 1.69 bits per heavy atom. The fraction of sp³-hybridized carbons (Fsp3) is 0.643. The minimum atomic E-state index is 0.970.